The largest absolute Gasteiger partial charge is 0.495 e. The molecule has 3 rings (SSSR count). The van der Waals surface area contributed by atoms with Gasteiger partial charge in [0.2, 0.25) is 0 Å². The number of carbonyl (C=O) groups excluding carboxylic acids is 2. The van der Waals surface area contributed by atoms with Crippen LogP contribution < -0.4 is 10.1 Å². The van der Waals surface area contributed by atoms with Crippen molar-refractivity contribution in [3.8, 4) is 5.75 Å². The summed E-state index contributed by atoms with van der Waals surface area (Å²) >= 11 is 18.0. The first-order valence-corrected chi connectivity index (χ1v) is 8.65. The maximum absolute atomic E-state index is 12.7. The van der Waals surface area contributed by atoms with Crippen molar-refractivity contribution in [1.82, 2.24) is 4.90 Å². The molecule has 0 radical (unpaired) electrons. The van der Waals surface area contributed by atoms with Crippen molar-refractivity contribution in [3.63, 3.8) is 0 Å². The van der Waals surface area contributed by atoms with E-state index in [0.717, 1.165) is 10.5 Å². The third-order valence-electron chi connectivity index (χ3n) is 3.79. The van der Waals surface area contributed by atoms with Crippen LogP contribution in [0, 0.1) is 0 Å². The van der Waals surface area contributed by atoms with Gasteiger partial charge in [-0.25, -0.2) is 0 Å². The molecule has 134 valence electrons. The molecule has 8 heteroatoms. The first kappa shape index (κ1) is 18.6. The van der Waals surface area contributed by atoms with E-state index in [2.05, 4.69) is 5.32 Å². The van der Waals surface area contributed by atoms with Gasteiger partial charge in [0.1, 0.15) is 16.5 Å². The van der Waals surface area contributed by atoms with Gasteiger partial charge in [-0.15, -0.1) is 0 Å². The number of ether oxygens (including phenoxy) is 1. The zero-order valence-corrected chi connectivity index (χ0v) is 15.8. The van der Waals surface area contributed by atoms with E-state index in [9.17, 15) is 9.59 Å². The Morgan fingerprint density at radius 3 is 2.27 bits per heavy atom. The van der Waals surface area contributed by atoms with Crippen molar-refractivity contribution in [1.29, 1.82) is 0 Å². The normalized spacial score (nSPS) is 14.2. The molecule has 0 aliphatic carbocycles. The van der Waals surface area contributed by atoms with Crippen LogP contribution in [0.15, 0.2) is 53.2 Å². The predicted octanol–water partition coefficient (Wildman–Crippen LogP) is 4.43. The Morgan fingerprint density at radius 2 is 1.62 bits per heavy atom. The minimum absolute atomic E-state index is 0.0220. The molecule has 0 spiro atoms. The summed E-state index contributed by atoms with van der Waals surface area (Å²) in [7, 11) is 1.48. The van der Waals surface area contributed by atoms with Crippen LogP contribution in [0.25, 0.3) is 0 Å². The fourth-order valence-electron chi connectivity index (χ4n) is 2.48. The van der Waals surface area contributed by atoms with E-state index in [1.807, 2.05) is 0 Å². The van der Waals surface area contributed by atoms with Gasteiger partial charge in [-0.3, -0.25) is 14.5 Å². The third kappa shape index (κ3) is 3.65. The number of methoxy groups -OCH3 is 1. The highest BCUT2D eigenvalue weighted by Crippen LogP contribution is 2.33. The number of halogens is 3. The number of imide groups is 1. The van der Waals surface area contributed by atoms with Gasteiger partial charge in [0.15, 0.2) is 0 Å². The van der Waals surface area contributed by atoms with Crippen LogP contribution >= 0.6 is 34.8 Å². The summed E-state index contributed by atoms with van der Waals surface area (Å²) in [6.07, 6.45) is 0. The molecule has 2 amide bonds. The Labute approximate surface area is 165 Å². The Balaban J connectivity index is 1.85. The van der Waals surface area contributed by atoms with Gasteiger partial charge in [0.05, 0.1) is 19.3 Å². The minimum Gasteiger partial charge on any atom is -0.495 e. The highest BCUT2D eigenvalue weighted by atomic mass is 35.5. The zero-order chi connectivity index (χ0) is 18.8. The molecule has 2 aromatic rings. The van der Waals surface area contributed by atoms with E-state index in [-0.39, 0.29) is 17.3 Å². The Hall–Kier alpha value is -2.21. The summed E-state index contributed by atoms with van der Waals surface area (Å²) in [4.78, 5) is 26.1. The Kier molecular flexibility index (Phi) is 5.41. The van der Waals surface area contributed by atoms with Gasteiger partial charge in [0.25, 0.3) is 11.8 Å². The number of carbonyl (C=O) groups is 2. The number of hydrogen-bond acceptors (Lipinski definition) is 4. The van der Waals surface area contributed by atoms with E-state index in [1.165, 1.54) is 7.11 Å². The number of nitrogens with one attached hydrogen (secondary N) is 1. The van der Waals surface area contributed by atoms with Crippen LogP contribution in [-0.2, 0) is 16.1 Å². The molecule has 0 unspecified atom stereocenters. The number of rotatable bonds is 5. The number of benzene rings is 2. The lowest BCUT2D eigenvalue weighted by Gasteiger charge is -2.16. The lowest BCUT2D eigenvalue weighted by molar-refractivity contribution is -0.138. The topological polar surface area (TPSA) is 58.6 Å². The molecule has 0 fully saturated rings. The Bertz CT molecular complexity index is 910. The van der Waals surface area contributed by atoms with Gasteiger partial charge < -0.3 is 10.1 Å². The van der Waals surface area contributed by atoms with Crippen molar-refractivity contribution in [3.05, 3.63) is 68.8 Å². The molecule has 1 aliphatic heterocycles. The number of amides is 2. The van der Waals surface area contributed by atoms with Crippen molar-refractivity contribution in [2.45, 2.75) is 6.54 Å². The molecule has 1 heterocycles. The SMILES string of the molecule is COc1ccc(Cl)cc1NC1=C(Cl)C(=O)N(Cc2ccc(Cl)cc2)C1=O. The Morgan fingerprint density at radius 1 is 0.962 bits per heavy atom. The van der Waals surface area contributed by atoms with Crippen molar-refractivity contribution in [2.24, 2.45) is 0 Å². The first-order chi connectivity index (χ1) is 12.4. The summed E-state index contributed by atoms with van der Waals surface area (Å²) in [5.41, 5.74) is 1.16. The summed E-state index contributed by atoms with van der Waals surface area (Å²) < 4.78 is 5.23. The highest BCUT2D eigenvalue weighted by molar-refractivity contribution is 6.48. The van der Waals surface area contributed by atoms with Crippen molar-refractivity contribution in [2.75, 3.05) is 12.4 Å². The first-order valence-electron chi connectivity index (χ1n) is 7.51. The van der Waals surface area contributed by atoms with Crippen LogP contribution in [0.5, 0.6) is 5.75 Å². The average molecular weight is 412 g/mol. The molecule has 0 saturated heterocycles. The molecule has 1 aliphatic rings. The monoisotopic (exact) mass is 410 g/mol. The molecule has 2 aromatic carbocycles. The number of anilines is 1. The van der Waals surface area contributed by atoms with E-state index in [1.54, 1.807) is 42.5 Å². The van der Waals surface area contributed by atoms with Crippen molar-refractivity contribution < 1.29 is 14.3 Å². The summed E-state index contributed by atoms with van der Waals surface area (Å²) in [5.74, 6) is -0.644. The molecule has 5 nitrogen and oxygen atoms in total. The van der Waals surface area contributed by atoms with Gasteiger partial charge in [-0.05, 0) is 35.9 Å². The lowest BCUT2D eigenvalue weighted by atomic mass is 10.2. The van der Waals surface area contributed by atoms with Gasteiger partial charge in [0, 0.05) is 10.0 Å². The second kappa shape index (κ2) is 7.58. The summed E-state index contributed by atoms with van der Waals surface area (Å²) in [6.45, 7) is 0.0862. The standard InChI is InChI=1S/C18H13Cl3N2O3/c1-26-14-7-6-12(20)8-13(14)22-16-15(21)17(24)23(18(16)25)9-10-2-4-11(19)5-3-10/h2-8,22H,9H2,1H3. The van der Waals surface area contributed by atoms with Gasteiger partial charge >= 0.3 is 0 Å². The molecule has 0 aromatic heterocycles. The van der Waals surface area contributed by atoms with E-state index in [4.69, 9.17) is 39.5 Å². The molecule has 0 bridgehead atoms. The summed E-state index contributed by atoms with van der Waals surface area (Å²) in [5, 5.41) is 3.69. The lowest BCUT2D eigenvalue weighted by Crippen LogP contribution is -2.31. The van der Waals surface area contributed by atoms with Crippen LogP contribution in [-0.4, -0.2) is 23.8 Å². The maximum atomic E-state index is 12.7. The number of nitrogens with zero attached hydrogens (tertiary/aromatic N) is 1. The fourth-order valence-corrected chi connectivity index (χ4v) is 3.01. The maximum Gasteiger partial charge on any atom is 0.279 e. The number of hydrogen-bond donors (Lipinski definition) is 1. The van der Waals surface area contributed by atoms with E-state index in [0.29, 0.717) is 21.5 Å². The van der Waals surface area contributed by atoms with Crippen LogP contribution in [0.4, 0.5) is 5.69 Å². The second-order valence-electron chi connectivity index (χ2n) is 5.48. The third-order valence-corrected chi connectivity index (χ3v) is 4.62. The fraction of sp³-hybridized carbons (Fsp3) is 0.111. The molecule has 1 N–H and O–H groups in total. The molecule has 0 atom stereocenters. The highest BCUT2D eigenvalue weighted by Gasteiger charge is 2.38. The van der Waals surface area contributed by atoms with Gasteiger partial charge in [-0.2, -0.15) is 0 Å². The van der Waals surface area contributed by atoms with Gasteiger partial charge in [-0.1, -0.05) is 46.9 Å². The molecular weight excluding hydrogens is 399 g/mol. The second-order valence-corrected chi connectivity index (χ2v) is 6.73. The van der Waals surface area contributed by atoms with Crippen molar-refractivity contribution >= 4 is 52.3 Å². The van der Waals surface area contributed by atoms with E-state index < -0.39 is 11.8 Å². The molecule has 26 heavy (non-hydrogen) atoms. The minimum atomic E-state index is -0.574. The molecular formula is C18H13Cl3N2O3. The smallest absolute Gasteiger partial charge is 0.279 e. The quantitative estimate of drug-likeness (QED) is 0.739. The predicted molar refractivity (Wildman–Crippen MR) is 102 cm³/mol. The average Bonchev–Trinajstić information content (AvgIpc) is 2.82. The summed E-state index contributed by atoms with van der Waals surface area (Å²) in [6, 6.07) is 11.7. The molecule has 0 saturated carbocycles. The van der Waals surface area contributed by atoms with Crippen LogP contribution in [0.3, 0.4) is 0 Å². The van der Waals surface area contributed by atoms with Crippen LogP contribution in [0.2, 0.25) is 10.0 Å². The zero-order valence-electron chi connectivity index (χ0n) is 13.6. The van der Waals surface area contributed by atoms with E-state index >= 15 is 0 Å². The van der Waals surface area contributed by atoms with Crippen LogP contribution in [0.1, 0.15) is 5.56 Å².